The van der Waals surface area contributed by atoms with Crippen molar-refractivity contribution < 1.29 is 19.7 Å². The Kier molecular flexibility index (Phi) is 2.84. The van der Waals surface area contributed by atoms with E-state index in [1.807, 2.05) is 0 Å². The zero-order valence-corrected chi connectivity index (χ0v) is 6.62. The fourth-order valence-electron chi connectivity index (χ4n) is 1.17. The third-order valence-corrected chi connectivity index (χ3v) is 1.72. The second-order valence-electron chi connectivity index (χ2n) is 2.87. The lowest BCUT2D eigenvalue weighted by molar-refractivity contribution is -0.165. The summed E-state index contributed by atoms with van der Waals surface area (Å²) in [6.45, 7) is 2.64. The van der Waals surface area contributed by atoms with Crippen LogP contribution in [0, 0.1) is 0 Å². The molecule has 0 aromatic carbocycles. The molecule has 1 unspecified atom stereocenters. The van der Waals surface area contributed by atoms with Gasteiger partial charge in [0.05, 0.1) is 25.9 Å². The van der Waals surface area contributed by atoms with Gasteiger partial charge in [-0.2, -0.15) is 0 Å². The van der Waals surface area contributed by atoms with Gasteiger partial charge in [0.15, 0.2) is 5.79 Å². The van der Waals surface area contributed by atoms with Crippen molar-refractivity contribution in [2.24, 2.45) is 0 Å². The SMILES string of the molecule is CC1(CC(O)CO)OCCO1. The molecule has 0 saturated carbocycles. The predicted octanol–water partition coefficient (Wildman–Crippen LogP) is -0.507. The molecule has 0 aromatic heterocycles. The van der Waals surface area contributed by atoms with Crippen LogP contribution in [0.2, 0.25) is 0 Å². The minimum atomic E-state index is -0.752. The van der Waals surface area contributed by atoms with Gasteiger partial charge in [0, 0.05) is 6.42 Å². The van der Waals surface area contributed by atoms with Crippen molar-refractivity contribution in [2.75, 3.05) is 19.8 Å². The first-order chi connectivity index (χ1) is 5.16. The first-order valence-electron chi connectivity index (χ1n) is 3.73. The van der Waals surface area contributed by atoms with Gasteiger partial charge in [-0.3, -0.25) is 0 Å². The molecule has 1 atom stereocenters. The first-order valence-corrected chi connectivity index (χ1v) is 3.73. The van der Waals surface area contributed by atoms with Crippen LogP contribution in [0.1, 0.15) is 13.3 Å². The lowest BCUT2D eigenvalue weighted by atomic mass is 10.1. The van der Waals surface area contributed by atoms with Gasteiger partial charge in [-0.05, 0) is 6.92 Å². The highest BCUT2D eigenvalue weighted by atomic mass is 16.7. The Hall–Kier alpha value is -0.160. The maximum atomic E-state index is 9.07. The molecule has 1 aliphatic rings. The standard InChI is InChI=1S/C7H14O4/c1-7(4-6(9)5-8)10-2-3-11-7/h6,8-9H,2-5H2,1H3. The quantitative estimate of drug-likeness (QED) is 0.587. The molecule has 4 heteroatoms. The highest BCUT2D eigenvalue weighted by Gasteiger charge is 2.32. The van der Waals surface area contributed by atoms with Crippen LogP contribution in [0.25, 0.3) is 0 Å². The Labute approximate surface area is 65.7 Å². The van der Waals surface area contributed by atoms with Crippen LogP contribution in [-0.2, 0) is 9.47 Å². The van der Waals surface area contributed by atoms with E-state index in [0.717, 1.165) is 0 Å². The molecule has 0 amide bonds. The molecule has 1 fully saturated rings. The van der Waals surface area contributed by atoms with E-state index in [1.165, 1.54) is 0 Å². The summed E-state index contributed by atoms with van der Waals surface area (Å²) in [5.74, 6) is -0.692. The van der Waals surface area contributed by atoms with Gasteiger partial charge >= 0.3 is 0 Å². The van der Waals surface area contributed by atoms with E-state index >= 15 is 0 Å². The lowest BCUT2D eigenvalue weighted by Gasteiger charge is -2.24. The van der Waals surface area contributed by atoms with E-state index in [0.29, 0.717) is 19.6 Å². The highest BCUT2D eigenvalue weighted by Crippen LogP contribution is 2.23. The maximum Gasteiger partial charge on any atom is 0.168 e. The Bertz CT molecular complexity index is 120. The van der Waals surface area contributed by atoms with Crippen molar-refractivity contribution in [3.63, 3.8) is 0 Å². The lowest BCUT2D eigenvalue weighted by Crippen LogP contribution is -2.32. The minimum Gasteiger partial charge on any atom is -0.394 e. The molecule has 0 aromatic rings. The van der Waals surface area contributed by atoms with Gasteiger partial charge in [-0.15, -0.1) is 0 Å². The number of aliphatic hydroxyl groups excluding tert-OH is 2. The molecular weight excluding hydrogens is 148 g/mol. The molecule has 2 N–H and O–H groups in total. The zero-order chi connectivity index (χ0) is 8.32. The fraction of sp³-hybridized carbons (Fsp3) is 1.00. The predicted molar refractivity (Wildman–Crippen MR) is 38.0 cm³/mol. The first kappa shape index (κ1) is 8.93. The summed E-state index contributed by atoms with van der Waals surface area (Å²) in [4.78, 5) is 0. The van der Waals surface area contributed by atoms with Crippen LogP contribution in [0.5, 0.6) is 0 Å². The van der Waals surface area contributed by atoms with Crippen molar-refractivity contribution in [2.45, 2.75) is 25.2 Å². The number of hydrogen-bond donors (Lipinski definition) is 2. The van der Waals surface area contributed by atoms with Gasteiger partial charge in [0.2, 0.25) is 0 Å². The summed E-state index contributed by atoms with van der Waals surface area (Å²) in [5.41, 5.74) is 0. The van der Waals surface area contributed by atoms with E-state index in [-0.39, 0.29) is 6.61 Å². The molecule has 4 nitrogen and oxygen atoms in total. The van der Waals surface area contributed by atoms with E-state index < -0.39 is 11.9 Å². The van der Waals surface area contributed by atoms with Gasteiger partial charge in [-0.25, -0.2) is 0 Å². The topological polar surface area (TPSA) is 58.9 Å². The molecule has 11 heavy (non-hydrogen) atoms. The van der Waals surface area contributed by atoms with E-state index in [1.54, 1.807) is 6.92 Å². The molecule has 1 saturated heterocycles. The Morgan fingerprint density at radius 2 is 2.00 bits per heavy atom. The molecule has 0 spiro atoms. The van der Waals surface area contributed by atoms with Crippen LogP contribution >= 0.6 is 0 Å². The summed E-state index contributed by atoms with van der Waals surface area (Å²) < 4.78 is 10.4. The maximum absolute atomic E-state index is 9.07. The number of rotatable bonds is 3. The largest absolute Gasteiger partial charge is 0.394 e. The monoisotopic (exact) mass is 162 g/mol. The normalized spacial score (nSPS) is 25.4. The second-order valence-corrected chi connectivity index (χ2v) is 2.87. The Morgan fingerprint density at radius 1 is 1.45 bits per heavy atom. The third-order valence-electron chi connectivity index (χ3n) is 1.72. The summed E-state index contributed by atoms with van der Waals surface area (Å²) in [6.07, 6.45) is -0.429. The van der Waals surface area contributed by atoms with Crippen LogP contribution < -0.4 is 0 Å². The number of hydrogen-bond acceptors (Lipinski definition) is 4. The average molecular weight is 162 g/mol. The third kappa shape index (κ3) is 2.41. The van der Waals surface area contributed by atoms with Crippen LogP contribution in [0.4, 0.5) is 0 Å². The van der Waals surface area contributed by atoms with E-state index in [2.05, 4.69) is 0 Å². The summed E-state index contributed by atoms with van der Waals surface area (Å²) >= 11 is 0. The van der Waals surface area contributed by atoms with Gasteiger partial charge in [0.1, 0.15) is 0 Å². The van der Waals surface area contributed by atoms with Crippen molar-refractivity contribution in [3.8, 4) is 0 Å². The molecule has 1 heterocycles. The average Bonchev–Trinajstić information content (AvgIpc) is 2.36. The van der Waals surface area contributed by atoms with Gasteiger partial charge < -0.3 is 19.7 Å². The smallest absolute Gasteiger partial charge is 0.168 e. The molecule has 0 radical (unpaired) electrons. The van der Waals surface area contributed by atoms with Crippen LogP contribution in [0.15, 0.2) is 0 Å². The molecule has 1 rings (SSSR count). The van der Waals surface area contributed by atoms with E-state index in [4.69, 9.17) is 19.7 Å². The van der Waals surface area contributed by atoms with Crippen LogP contribution in [-0.4, -0.2) is 41.9 Å². The molecule has 66 valence electrons. The van der Waals surface area contributed by atoms with Crippen molar-refractivity contribution in [1.29, 1.82) is 0 Å². The molecule has 0 aliphatic carbocycles. The second kappa shape index (κ2) is 3.49. The highest BCUT2D eigenvalue weighted by molar-refractivity contribution is 4.72. The fourth-order valence-corrected chi connectivity index (χ4v) is 1.17. The van der Waals surface area contributed by atoms with Crippen molar-refractivity contribution >= 4 is 0 Å². The molecule has 0 bridgehead atoms. The molecular formula is C7H14O4. The van der Waals surface area contributed by atoms with Crippen LogP contribution in [0.3, 0.4) is 0 Å². The summed E-state index contributed by atoms with van der Waals surface area (Å²) in [6, 6.07) is 0. The van der Waals surface area contributed by atoms with Gasteiger partial charge in [0.25, 0.3) is 0 Å². The Balaban J connectivity index is 2.33. The van der Waals surface area contributed by atoms with Gasteiger partial charge in [-0.1, -0.05) is 0 Å². The van der Waals surface area contributed by atoms with Crippen molar-refractivity contribution in [3.05, 3.63) is 0 Å². The van der Waals surface area contributed by atoms with Crippen molar-refractivity contribution in [1.82, 2.24) is 0 Å². The Morgan fingerprint density at radius 3 is 2.45 bits per heavy atom. The summed E-state index contributed by atoms with van der Waals surface area (Å²) in [5, 5.41) is 17.6. The minimum absolute atomic E-state index is 0.248. The number of ether oxygens (including phenoxy) is 2. The molecule has 1 aliphatic heterocycles. The summed E-state index contributed by atoms with van der Waals surface area (Å²) in [7, 11) is 0. The van der Waals surface area contributed by atoms with E-state index in [9.17, 15) is 0 Å². The number of aliphatic hydroxyl groups is 2. The zero-order valence-electron chi connectivity index (χ0n) is 6.62.